The minimum absolute atomic E-state index is 0.270. The van der Waals surface area contributed by atoms with Gasteiger partial charge in [0.2, 0.25) is 0 Å². The van der Waals surface area contributed by atoms with Crippen molar-refractivity contribution in [3.8, 4) is 6.07 Å². The van der Waals surface area contributed by atoms with E-state index in [2.05, 4.69) is 4.98 Å². The van der Waals surface area contributed by atoms with E-state index in [-0.39, 0.29) is 5.78 Å². The van der Waals surface area contributed by atoms with Crippen LogP contribution in [0, 0.1) is 11.3 Å². The Labute approximate surface area is 110 Å². The van der Waals surface area contributed by atoms with Crippen molar-refractivity contribution in [1.29, 1.82) is 5.26 Å². The van der Waals surface area contributed by atoms with E-state index in [0.29, 0.717) is 16.1 Å². The van der Waals surface area contributed by atoms with Crippen molar-refractivity contribution in [3.63, 3.8) is 0 Å². The molecule has 1 atom stereocenters. The summed E-state index contributed by atoms with van der Waals surface area (Å²) in [6.07, 6.45) is 3.12. The summed E-state index contributed by atoms with van der Waals surface area (Å²) in [6, 6.07) is 12.0. The maximum atomic E-state index is 12.2. The Bertz CT molecular complexity index is 605. The SMILES string of the molecule is N#CC(C(=O)c1cccc(Cl)c1)c1cccnc1. The third-order valence-corrected chi connectivity index (χ3v) is 2.75. The molecular weight excluding hydrogens is 248 g/mol. The van der Waals surface area contributed by atoms with E-state index < -0.39 is 5.92 Å². The van der Waals surface area contributed by atoms with Crippen molar-refractivity contribution < 1.29 is 4.79 Å². The fourth-order valence-corrected chi connectivity index (χ4v) is 1.83. The van der Waals surface area contributed by atoms with Crippen LogP contribution < -0.4 is 0 Å². The first-order chi connectivity index (χ1) is 8.72. The number of hydrogen-bond donors (Lipinski definition) is 0. The maximum Gasteiger partial charge on any atom is 0.184 e. The number of ketones is 1. The summed E-state index contributed by atoms with van der Waals surface area (Å²) in [5, 5.41) is 9.62. The zero-order valence-electron chi connectivity index (χ0n) is 9.38. The van der Waals surface area contributed by atoms with Gasteiger partial charge < -0.3 is 0 Å². The lowest BCUT2D eigenvalue weighted by atomic mass is 9.93. The molecule has 0 bridgehead atoms. The number of benzene rings is 1. The fourth-order valence-electron chi connectivity index (χ4n) is 1.64. The number of hydrogen-bond acceptors (Lipinski definition) is 3. The predicted molar refractivity (Wildman–Crippen MR) is 68.4 cm³/mol. The third kappa shape index (κ3) is 2.55. The van der Waals surface area contributed by atoms with Gasteiger partial charge in [-0.1, -0.05) is 29.8 Å². The van der Waals surface area contributed by atoms with Gasteiger partial charge in [-0.25, -0.2) is 0 Å². The van der Waals surface area contributed by atoms with Gasteiger partial charge in [0.1, 0.15) is 5.92 Å². The lowest BCUT2D eigenvalue weighted by Gasteiger charge is -2.08. The average molecular weight is 257 g/mol. The van der Waals surface area contributed by atoms with E-state index in [9.17, 15) is 4.79 Å². The molecule has 88 valence electrons. The molecule has 0 saturated heterocycles. The molecule has 0 fully saturated rings. The Hall–Kier alpha value is -2.18. The highest BCUT2D eigenvalue weighted by Gasteiger charge is 2.21. The Kier molecular flexibility index (Phi) is 3.71. The van der Waals surface area contributed by atoms with Crippen LogP contribution in [-0.4, -0.2) is 10.8 Å². The molecule has 3 nitrogen and oxygen atoms in total. The summed E-state index contributed by atoms with van der Waals surface area (Å²) in [5.41, 5.74) is 1.02. The van der Waals surface area contributed by atoms with Gasteiger partial charge in [0, 0.05) is 23.0 Å². The van der Waals surface area contributed by atoms with Crippen molar-refractivity contribution in [3.05, 3.63) is 64.9 Å². The first-order valence-corrected chi connectivity index (χ1v) is 5.69. The molecule has 1 unspecified atom stereocenters. The van der Waals surface area contributed by atoms with Crippen LogP contribution in [0.1, 0.15) is 21.8 Å². The summed E-state index contributed by atoms with van der Waals surface area (Å²) < 4.78 is 0. The molecule has 2 aromatic rings. The highest BCUT2D eigenvalue weighted by molar-refractivity contribution is 6.31. The second kappa shape index (κ2) is 5.44. The van der Waals surface area contributed by atoms with E-state index in [1.165, 1.54) is 6.20 Å². The zero-order valence-corrected chi connectivity index (χ0v) is 10.1. The van der Waals surface area contributed by atoms with Gasteiger partial charge in [0.05, 0.1) is 6.07 Å². The largest absolute Gasteiger partial charge is 0.292 e. The van der Waals surface area contributed by atoms with Gasteiger partial charge in [0.25, 0.3) is 0 Å². The van der Waals surface area contributed by atoms with E-state index in [4.69, 9.17) is 16.9 Å². The van der Waals surface area contributed by atoms with E-state index in [0.717, 1.165) is 0 Å². The molecule has 0 aliphatic carbocycles. The van der Waals surface area contributed by atoms with Crippen LogP contribution in [0.5, 0.6) is 0 Å². The monoisotopic (exact) mass is 256 g/mol. The van der Waals surface area contributed by atoms with Gasteiger partial charge in [-0.2, -0.15) is 5.26 Å². The summed E-state index contributed by atoms with van der Waals surface area (Å²) in [4.78, 5) is 16.1. The molecule has 0 aliphatic heterocycles. The Morgan fingerprint density at radius 3 is 2.78 bits per heavy atom. The Morgan fingerprint density at radius 2 is 2.17 bits per heavy atom. The van der Waals surface area contributed by atoms with E-state index in [1.54, 1.807) is 42.6 Å². The number of nitrogens with zero attached hydrogens (tertiary/aromatic N) is 2. The molecule has 1 aromatic heterocycles. The molecule has 4 heteroatoms. The Balaban J connectivity index is 2.36. The summed E-state index contributed by atoms with van der Waals surface area (Å²) in [7, 11) is 0. The molecule has 0 amide bonds. The predicted octanol–water partition coefficient (Wildman–Crippen LogP) is 3.23. The molecule has 0 spiro atoms. The lowest BCUT2D eigenvalue weighted by Crippen LogP contribution is -2.11. The first-order valence-electron chi connectivity index (χ1n) is 5.31. The van der Waals surface area contributed by atoms with Gasteiger partial charge in [0.15, 0.2) is 5.78 Å². The Morgan fingerprint density at radius 1 is 1.33 bits per heavy atom. The number of pyridine rings is 1. The normalized spacial score (nSPS) is 11.6. The third-order valence-electron chi connectivity index (χ3n) is 2.52. The van der Waals surface area contributed by atoms with Crippen LogP contribution >= 0.6 is 11.6 Å². The molecular formula is C14H9ClN2O. The molecule has 0 saturated carbocycles. The smallest absolute Gasteiger partial charge is 0.184 e. The first kappa shape index (κ1) is 12.3. The minimum Gasteiger partial charge on any atom is -0.292 e. The van der Waals surface area contributed by atoms with Crippen molar-refractivity contribution >= 4 is 17.4 Å². The number of carbonyl (C=O) groups excluding carboxylic acids is 1. The maximum absolute atomic E-state index is 12.2. The molecule has 18 heavy (non-hydrogen) atoms. The van der Waals surface area contributed by atoms with Crippen molar-refractivity contribution in [1.82, 2.24) is 4.98 Å². The van der Waals surface area contributed by atoms with Crippen molar-refractivity contribution in [2.45, 2.75) is 5.92 Å². The van der Waals surface area contributed by atoms with Gasteiger partial charge in [-0.15, -0.1) is 0 Å². The van der Waals surface area contributed by atoms with E-state index in [1.807, 2.05) is 6.07 Å². The lowest BCUT2D eigenvalue weighted by molar-refractivity contribution is 0.0979. The number of halogens is 1. The molecule has 0 aliphatic rings. The summed E-state index contributed by atoms with van der Waals surface area (Å²) >= 11 is 5.84. The molecule has 1 aromatic carbocycles. The molecule has 0 N–H and O–H groups in total. The van der Waals surface area contributed by atoms with Gasteiger partial charge >= 0.3 is 0 Å². The highest BCUT2D eigenvalue weighted by atomic mass is 35.5. The fraction of sp³-hybridized carbons (Fsp3) is 0.0714. The molecule has 0 radical (unpaired) electrons. The van der Waals surface area contributed by atoms with Crippen molar-refractivity contribution in [2.75, 3.05) is 0 Å². The van der Waals surface area contributed by atoms with Crippen LogP contribution in [0.15, 0.2) is 48.8 Å². The highest BCUT2D eigenvalue weighted by Crippen LogP contribution is 2.21. The summed E-state index contributed by atoms with van der Waals surface area (Å²) in [5.74, 6) is -1.12. The summed E-state index contributed by atoms with van der Waals surface area (Å²) in [6.45, 7) is 0. The standard InChI is InChI=1S/C14H9ClN2O/c15-12-5-1-3-10(7-12)14(18)13(8-16)11-4-2-6-17-9-11/h1-7,9,13H. The number of nitriles is 1. The number of aromatic nitrogens is 1. The molecule has 1 heterocycles. The number of carbonyl (C=O) groups is 1. The topological polar surface area (TPSA) is 53.8 Å². The average Bonchev–Trinajstić information content (AvgIpc) is 2.41. The van der Waals surface area contributed by atoms with Crippen LogP contribution in [-0.2, 0) is 0 Å². The van der Waals surface area contributed by atoms with Crippen LogP contribution in [0.4, 0.5) is 0 Å². The van der Waals surface area contributed by atoms with Crippen LogP contribution in [0.2, 0.25) is 5.02 Å². The second-order valence-electron chi connectivity index (χ2n) is 3.72. The van der Waals surface area contributed by atoms with E-state index >= 15 is 0 Å². The molecule has 2 rings (SSSR count). The van der Waals surface area contributed by atoms with Crippen LogP contribution in [0.3, 0.4) is 0 Å². The quantitative estimate of drug-likeness (QED) is 0.793. The van der Waals surface area contributed by atoms with Crippen molar-refractivity contribution in [2.24, 2.45) is 0 Å². The van der Waals surface area contributed by atoms with Gasteiger partial charge in [-0.05, 0) is 23.8 Å². The number of Topliss-reactive ketones (excluding diaryl/α,β-unsaturated/α-hetero) is 1. The minimum atomic E-state index is -0.850. The number of rotatable bonds is 3. The zero-order chi connectivity index (χ0) is 13.0. The van der Waals surface area contributed by atoms with Crippen LogP contribution in [0.25, 0.3) is 0 Å². The second-order valence-corrected chi connectivity index (χ2v) is 4.16. The van der Waals surface area contributed by atoms with Gasteiger partial charge in [-0.3, -0.25) is 9.78 Å².